The number of nitrogens with zero attached hydrogens (tertiary/aromatic N) is 1. The molecule has 0 atom stereocenters. The highest BCUT2D eigenvalue weighted by atomic mass is 32.1. The van der Waals surface area contributed by atoms with Gasteiger partial charge >= 0.3 is 0 Å². The third-order valence-electron chi connectivity index (χ3n) is 3.05. The molecule has 1 saturated carbocycles. The van der Waals surface area contributed by atoms with Crippen molar-refractivity contribution in [3.63, 3.8) is 0 Å². The van der Waals surface area contributed by atoms with Gasteiger partial charge < -0.3 is 15.2 Å². The van der Waals surface area contributed by atoms with Crippen LogP contribution in [0.25, 0.3) is 0 Å². The average Bonchev–Trinajstić information content (AvgIpc) is 2.74. The minimum Gasteiger partial charge on any atom is -0.361 e. The molecule has 0 aromatic carbocycles. The zero-order chi connectivity index (χ0) is 12.1. The third-order valence-corrected chi connectivity index (χ3v) is 3.31. The molecule has 5 heteroatoms. The van der Waals surface area contributed by atoms with Crippen molar-refractivity contribution in [2.45, 2.75) is 51.6 Å². The summed E-state index contributed by atoms with van der Waals surface area (Å²) >= 11 is 5.26. The Morgan fingerprint density at radius 3 is 2.88 bits per heavy atom. The van der Waals surface area contributed by atoms with Crippen molar-refractivity contribution in [1.82, 2.24) is 15.8 Å². The Labute approximate surface area is 107 Å². The standard InChI is InChI=1S/C12H19N3OS/c1-9-7-11(15-16-9)8-13-12(17)14-10-5-3-2-4-6-10/h7,10H,2-6,8H2,1H3,(H2,13,14,17). The Kier molecular flexibility index (Phi) is 4.36. The van der Waals surface area contributed by atoms with Crippen LogP contribution in [0, 0.1) is 6.92 Å². The lowest BCUT2D eigenvalue weighted by molar-refractivity contribution is 0.389. The van der Waals surface area contributed by atoms with Crippen LogP contribution in [-0.4, -0.2) is 16.3 Å². The van der Waals surface area contributed by atoms with E-state index in [0.717, 1.165) is 16.6 Å². The van der Waals surface area contributed by atoms with Crippen LogP contribution in [0.5, 0.6) is 0 Å². The van der Waals surface area contributed by atoms with E-state index in [9.17, 15) is 0 Å². The van der Waals surface area contributed by atoms with Crippen LogP contribution in [0.15, 0.2) is 10.6 Å². The van der Waals surface area contributed by atoms with Crippen LogP contribution in [-0.2, 0) is 6.54 Å². The number of hydrogen-bond donors (Lipinski definition) is 2. The monoisotopic (exact) mass is 253 g/mol. The molecule has 94 valence electrons. The van der Waals surface area contributed by atoms with Crippen LogP contribution in [0.3, 0.4) is 0 Å². The maximum absolute atomic E-state index is 5.26. The van der Waals surface area contributed by atoms with Gasteiger partial charge in [0.15, 0.2) is 5.11 Å². The molecule has 2 rings (SSSR count). The molecule has 0 saturated heterocycles. The van der Waals surface area contributed by atoms with Crippen molar-refractivity contribution < 1.29 is 4.52 Å². The number of aryl methyl sites for hydroxylation is 1. The maximum atomic E-state index is 5.26. The van der Waals surface area contributed by atoms with Gasteiger partial charge in [0.05, 0.1) is 6.54 Å². The SMILES string of the molecule is Cc1cc(CNC(=S)NC2CCCCC2)no1. The van der Waals surface area contributed by atoms with Crippen molar-refractivity contribution >= 4 is 17.3 Å². The Balaban J connectivity index is 1.70. The van der Waals surface area contributed by atoms with Crippen LogP contribution < -0.4 is 10.6 Å². The molecule has 1 aromatic heterocycles. The molecule has 1 aromatic rings. The first-order valence-corrected chi connectivity index (χ1v) is 6.61. The van der Waals surface area contributed by atoms with Gasteiger partial charge in [-0.3, -0.25) is 0 Å². The summed E-state index contributed by atoms with van der Waals surface area (Å²) in [5.74, 6) is 0.827. The zero-order valence-electron chi connectivity index (χ0n) is 10.2. The van der Waals surface area contributed by atoms with Crippen LogP contribution in [0.4, 0.5) is 0 Å². The third kappa shape index (κ3) is 4.00. The van der Waals surface area contributed by atoms with E-state index in [1.807, 2.05) is 13.0 Å². The maximum Gasteiger partial charge on any atom is 0.166 e. The van der Waals surface area contributed by atoms with Gasteiger partial charge in [0, 0.05) is 12.1 Å². The van der Waals surface area contributed by atoms with E-state index in [2.05, 4.69) is 15.8 Å². The predicted molar refractivity (Wildman–Crippen MR) is 70.7 cm³/mol. The number of thiocarbonyl (C=S) groups is 1. The molecule has 0 bridgehead atoms. The molecule has 2 N–H and O–H groups in total. The van der Waals surface area contributed by atoms with Crippen LogP contribution in [0.1, 0.15) is 43.6 Å². The first-order valence-electron chi connectivity index (χ1n) is 6.20. The predicted octanol–water partition coefficient (Wildman–Crippen LogP) is 2.28. The molecule has 1 aliphatic rings. The molecule has 0 aliphatic heterocycles. The van der Waals surface area contributed by atoms with Crippen molar-refractivity contribution in [1.29, 1.82) is 0 Å². The van der Waals surface area contributed by atoms with Gasteiger partial charge in [-0.25, -0.2) is 0 Å². The van der Waals surface area contributed by atoms with Crippen LogP contribution in [0.2, 0.25) is 0 Å². The molecule has 0 amide bonds. The second kappa shape index (κ2) is 6.00. The summed E-state index contributed by atoms with van der Waals surface area (Å²) in [4.78, 5) is 0. The highest BCUT2D eigenvalue weighted by molar-refractivity contribution is 7.80. The molecular weight excluding hydrogens is 234 g/mol. The highest BCUT2D eigenvalue weighted by Crippen LogP contribution is 2.17. The molecular formula is C12H19N3OS. The number of aromatic nitrogens is 1. The van der Waals surface area contributed by atoms with E-state index in [1.54, 1.807) is 0 Å². The van der Waals surface area contributed by atoms with Gasteiger partial charge in [-0.1, -0.05) is 24.4 Å². The zero-order valence-corrected chi connectivity index (χ0v) is 11.0. The molecule has 0 radical (unpaired) electrons. The van der Waals surface area contributed by atoms with Crippen molar-refractivity contribution in [3.8, 4) is 0 Å². The Bertz CT molecular complexity index is 372. The van der Waals surface area contributed by atoms with E-state index in [1.165, 1.54) is 32.1 Å². The lowest BCUT2D eigenvalue weighted by Gasteiger charge is -2.24. The highest BCUT2D eigenvalue weighted by Gasteiger charge is 2.13. The van der Waals surface area contributed by atoms with Crippen molar-refractivity contribution in [3.05, 3.63) is 17.5 Å². The Morgan fingerprint density at radius 2 is 2.24 bits per heavy atom. The molecule has 17 heavy (non-hydrogen) atoms. The summed E-state index contributed by atoms with van der Waals surface area (Å²) in [6.07, 6.45) is 6.43. The largest absolute Gasteiger partial charge is 0.361 e. The normalized spacial score (nSPS) is 16.8. The summed E-state index contributed by atoms with van der Waals surface area (Å²) in [5.41, 5.74) is 0.885. The summed E-state index contributed by atoms with van der Waals surface area (Å²) in [6.45, 7) is 2.50. The molecule has 4 nitrogen and oxygen atoms in total. The van der Waals surface area contributed by atoms with Crippen molar-refractivity contribution in [2.24, 2.45) is 0 Å². The lowest BCUT2D eigenvalue weighted by Crippen LogP contribution is -2.42. The number of nitrogens with one attached hydrogen (secondary N) is 2. The van der Waals surface area contributed by atoms with E-state index < -0.39 is 0 Å². The fraction of sp³-hybridized carbons (Fsp3) is 0.667. The van der Waals surface area contributed by atoms with Gasteiger partial charge in [0.1, 0.15) is 11.5 Å². The van der Waals surface area contributed by atoms with Gasteiger partial charge in [0.2, 0.25) is 0 Å². The molecule has 1 heterocycles. The smallest absolute Gasteiger partial charge is 0.166 e. The molecule has 0 unspecified atom stereocenters. The summed E-state index contributed by atoms with van der Waals surface area (Å²) < 4.78 is 4.99. The molecule has 0 spiro atoms. The van der Waals surface area contributed by atoms with Gasteiger partial charge in [-0.05, 0) is 32.0 Å². The fourth-order valence-electron chi connectivity index (χ4n) is 2.16. The van der Waals surface area contributed by atoms with E-state index in [4.69, 9.17) is 16.7 Å². The first kappa shape index (κ1) is 12.4. The minimum atomic E-state index is 0.544. The van der Waals surface area contributed by atoms with Crippen molar-refractivity contribution in [2.75, 3.05) is 0 Å². The second-order valence-corrected chi connectivity index (χ2v) is 5.00. The summed E-state index contributed by atoms with van der Waals surface area (Å²) in [5, 5.41) is 11.1. The molecule has 1 fully saturated rings. The lowest BCUT2D eigenvalue weighted by atomic mass is 9.96. The minimum absolute atomic E-state index is 0.544. The Morgan fingerprint density at radius 1 is 1.47 bits per heavy atom. The average molecular weight is 253 g/mol. The van der Waals surface area contributed by atoms with Gasteiger partial charge in [-0.15, -0.1) is 0 Å². The van der Waals surface area contributed by atoms with Gasteiger partial charge in [-0.2, -0.15) is 0 Å². The van der Waals surface area contributed by atoms with Crippen LogP contribution >= 0.6 is 12.2 Å². The number of rotatable bonds is 3. The Hall–Kier alpha value is -1.10. The number of hydrogen-bond acceptors (Lipinski definition) is 3. The topological polar surface area (TPSA) is 50.1 Å². The van der Waals surface area contributed by atoms with Gasteiger partial charge in [0.25, 0.3) is 0 Å². The van der Waals surface area contributed by atoms with E-state index in [0.29, 0.717) is 12.6 Å². The fourth-order valence-corrected chi connectivity index (χ4v) is 2.39. The quantitative estimate of drug-likeness (QED) is 0.809. The van der Waals surface area contributed by atoms with E-state index >= 15 is 0 Å². The molecule has 1 aliphatic carbocycles. The second-order valence-electron chi connectivity index (χ2n) is 4.59. The first-order chi connectivity index (χ1) is 8.24. The summed E-state index contributed by atoms with van der Waals surface area (Å²) in [7, 11) is 0. The summed E-state index contributed by atoms with van der Waals surface area (Å²) in [6, 6.07) is 2.46. The van der Waals surface area contributed by atoms with E-state index in [-0.39, 0.29) is 0 Å².